The number of hydrogen-bond donors (Lipinski definition) is 2. The van der Waals surface area contributed by atoms with Crippen LogP contribution in [0.2, 0.25) is 0 Å². The summed E-state index contributed by atoms with van der Waals surface area (Å²) in [7, 11) is 0. The van der Waals surface area contributed by atoms with Crippen molar-refractivity contribution in [3.8, 4) is 11.5 Å². The number of nitrogens with two attached hydrogens (primary N) is 1. The van der Waals surface area contributed by atoms with Crippen LogP contribution >= 0.6 is 0 Å². The first-order chi connectivity index (χ1) is 10.8. The van der Waals surface area contributed by atoms with E-state index in [-0.39, 0.29) is 12.1 Å². The van der Waals surface area contributed by atoms with Gasteiger partial charge in [-0.3, -0.25) is 0 Å². The Labute approximate surface area is 128 Å². The molecule has 114 valence electrons. The summed E-state index contributed by atoms with van der Waals surface area (Å²) in [5.41, 5.74) is 7.82. The zero-order chi connectivity index (χ0) is 15.1. The van der Waals surface area contributed by atoms with Crippen molar-refractivity contribution in [2.45, 2.75) is 18.2 Å². The van der Waals surface area contributed by atoms with Gasteiger partial charge in [0.2, 0.25) is 0 Å². The highest BCUT2D eigenvalue weighted by Crippen LogP contribution is 2.48. The van der Waals surface area contributed by atoms with E-state index in [2.05, 4.69) is 4.90 Å². The van der Waals surface area contributed by atoms with Crippen LogP contribution in [0.5, 0.6) is 11.5 Å². The monoisotopic (exact) mass is 298 g/mol. The van der Waals surface area contributed by atoms with Gasteiger partial charge in [-0.2, -0.15) is 0 Å². The van der Waals surface area contributed by atoms with Gasteiger partial charge in [0.05, 0.1) is 42.8 Å². The highest BCUT2D eigenvalue weighted by molar-refractivity contribution is 5.78. The second-order valence-corrected chi connectivity index (χ2v) is 5.67. The summed E-state index contributed by atoms with van der Waals surface area (Å²) in [6.45, 7) is 0.808. The maximum atomic E-state index is 10.6. The van der Waals surface area contributed by atoms with Gasteiger partial charge in [0.25, 0.3) is 0 Å². The fourth-order valence-corrected chi connectivity index (χ4v) is 3.13. The Morgan fingerprint density at radius 2 is 1.55 bits per heavy atom. The van der Waals surface area contributed by atoms with Crippen molar-refractivity contribution in [1.29, 1.82) is 0 Å². The minimum absolute atomic E-state index is 0.241. The van der Waals surface area contributed by atoms with E-state index in [9.17, 15) is 5.11 Å². The van der Waals surface area contributed by atoms with Crippen LogP contribution in [0, 0.1) is 0 Å². The molecule has 2 heterocycles. The van der Waals surface area contributed by atoms with E-state index in [0.29, 0.717) is 13.2 Å². The van der Waals surface area contributed by atoms with E-state index in [0.717, 1.165) is 22.9 Å². The smallest absolute Gasteiger partial charge is 0.151 e. The van der Waals surface area contributed by atoms with Crippen molar-refractivity contribution in [2.75, 3.05) is 18.1 Å². The van der Waals surface area contributed by atoms with Crippen molar-refractivity contribution in [2.24, 2.45) is 5.73 Å². The van der Waals surface area contributed by atoms with Crippen molar-refractivity contribution >= 4 is 11.4 Å². The molecule has 0 bridgehead atoms. The molecule has 5 heteroatoms. The SMILES string of the molecule is NC1COC[C@@H](N2c3ccccc3Oc3ccccc32)C1O. The zero-order valence-corrected chi connectivity index (χ0v) is 12.1. The van der Waals surface area contributed by atoms with Crippen LogP contribution in [0.4, 0.5) is 11.4 Å². The highest BCUT2D eigenvalue weighted by atomic mass is 16.5. The number of anilines is 2. The van der Waals surface area contributed by atoms with Gasteiger partial charge in [0, 0.05) is 0 Å². The Balaban J connectivity index is 1.84. The molecule has 22 heavy (non-hydrogen) atoms. The molecule has 5 nitrogen and oxygen atoms in total. The molecule has 1 fully saturated rings. The van der Waals surface area contributed by atoms with E-state index < -0.39 is 6.10 Å². The molecule has 2 aromatic rings. The summed E-state index contributed by atoms with van der Waals surface area (Å²) in [6.07, 6.45) is -0.659. The molecule has 0 radical (unpaired) electrons. The largest absolute Gasteiger partial charge is 0.453 e. The maximum absolute atomic E-state index is 10.6. The second-order valence-electron chi connectivity index (χ2n) is 5.67. The molecule has 2 aliphatic rings. The fourth-order valence-electron chi connectivity index (χ4n) is 3.13. The molecule has 2 aliphatic heterocycles. The normalized spacial score (nSPS) is 26.8. The van der Waals surface area contributed by atoms with Crippen LogP contribution in [0.1, 0.15) is 0 Å². The average molecular weight is 298 g/mol. The van der Waals surface area contributed by atoms with Crippen molar-refractivity contribution in [1.82, 2.24) is 0 Å². The summed E-state index contributed by atoms with van der Waals surface area (Å²) in [6, 6.07) is 15.0. The number of rotatable bonds is 1. The minimum Gasteiger partial charge on any atom is -0.453 e. The van der Waals surface area contributed by atoms with Gasteiger partial charge in [0.1, 0.15) is 0 Å². The molecule has 3 N–H and O–H groups in total. The van der Waals surface area contributed by atoms with Gasteiger partial charge < -0.3 is 25.2 Å². The lowest BCUT2D eigenvalue weighted by Crippen LogP contribution is -2.58. The van der Waals surface area contributed by atoms with E-state index in [1.54, 1.807) is 0 Å². The van der Waals surface area contributed by atoms with E-state index >= 15 is 0 Å². The topological polar surface area (TPSA) is 68.0 Å². The third-order valence-corrected chi connectivity index (χ3v) is 4.23. The Morgan fingerprint density at radius 1 is 0.955 bits per heavy atom. The third-order valence-electron chi connectivity index (χ3n) is 4.23. The number of ether oxygens (including phenoxy) is 2. The predicted octanol–water partition coefficient (Wildman–Crippen LogP) is 2.02. The molecule has 1 saturated heterocycles. The first-order valence-corrected chi connectivity index (χ1v) is 7.42. The Bertz CT molecular complexity index is 646. The van der Waals surface area contributed by atoms with Crippen molar-refractivity contribution in [3.63, 3.8) is 0 Å². The van der Waals surface area contributed by atoms with Crippen LogP contribution in [-0.2, 0) is 4.74 Å². The van der Waals surface area contributed by atoms with E-state index in [4.69, 9.17) is 15.2 Å². The molecule has 0 saturated carbocycles. The Hall–Kier alpha value is -2.08. The van der Waals surface area contributed by atoms with Crippen LogP contribution in [0.25, 0.3) is 0 Å². The lowest BCUT2D eigenvalue weighted by Gasteiger charge is -2.43. The number of fused-ring (bicyclic) bond motifs is 2. The molecule has 0 spiro atoms. The Kier molecular flexibility index (Phi) is 3.26. The molecule has 2 aromatic carbocycles. The van der Waals surface area contributed by atoms with Gasteiger partial charge in [-0.15, -0.1) is 0 Å². The number of hydrogen-bond acceptors (Lipinski definition) is 5. The van der Waals surface area contributed by atoms with Crippen molar-refractivity contribution < 1.29 is 14.6 Å². The number of aliphatic hydroxyl groups excluding tert-OH is 1. The second kappa shape index (κ2) is 5.28. The number of para-hydroxylation sites is 4. The van der Waals surface area contributed by atoms with E-state index in [1.807, 2.05) is 48.5 Å². The standard InChI is InChI=1S/C17H18N2O3/c18-11-9-21-10-14(17(11)20)19-12-5-1-3-7-15(12)22-16-8-4-2-6-13(16)19/h1-8,11,14,17,20H,9-10,18H2/t11?,14-,17?/m1/s1. The molecule has 4 rings (SSSR count). The minimum atomic E-state index is -0.659. The Morgan fingerprint density at radius 3 is 2.18 bits per heavy atom. The van der Waals surface area contributed by atoms with Crippen LogP contribution in [0.3, 0.4) is 0 Å². The average Bonchev–Trinajstić information content (AvgIpc) is 2.55. The van der Waals surface area contributed by atoms with Gasteiger partial charge in [-0.05, 0) is 24.3 Å². The summed E-state index contributed by atoms with van der Waals surface area (Å²) in [4.78, 5) is 2.08. The van der Waals surface area contributed by atoms with Gasteiger partial charge in [0.15, 0.2) is 11.5 Å². The molecular formula is C17H18N2O3. The summed E-state index contributed by atoms with van der Waals surface area (Å²) < 4.78 is 11.5. The number of aliphatic hydroxyl groups is 1. The third kappa shape index (κ3) is 2.06. The van der Waals surface area contributed by atoms with Gasteiger partial charge in [-0.1, -0.05) is 24.3 Å². The van der Waals surface area contributed by atoms with Crippen LogP contribution in [0.15, 0.2) is 48.5 Å². The summed E-state index contributed by atoms with van der Waals surface area (Å²) >= 11 is 0. The number of nitrogens with zero attached hydrogens (tertiary/aromatic N) is 1. The molecule has 3 atom stereocenters. The van der Waals surface area contributed by atoms with Gasteiger partial charge >= 0.3 is 0 Å². The molecule has 0 aromatic heterocycles. The fraction of sp³-hybridized carbons (Fsp3) is 0.294. The van der Waals surface area contributed by atoms with Crippen LogP contribution < -0.4 is 15.4 Å². The lowest BCUT2D eigenvalue weighted by molar-refractivity contribution is -0.0195. The number of benzene rings is 2. The predicted molar refractivity (Wildman–Crippen MR) is 83.7 cm³/mol. The summed E-state index contributed by atoms with van der Waals surface area (Å²) in [5, 5.41) is 10.6. The highest BCUT2D eigenvalue weighted by Gasteiger charge is 2.38. The zero-order valence-electron chi connectivity index (χ0n) is 12.1. The summed E-state index contributed by atoms with van der Waals surface area (Å²) in [5.74, 6) is 1.54. The van der Waals surface area contributed by atoms with Crippen LogP contribution in [-0.4, -0.2) is 36.5 Å². The quantitative estimate of drug-likeness (QED) is 0.843. The molecule has 2 unspecified atom stereocenters. The lowest BCUT2D eigenvalue weighted by atomic mass is 9.98. The first-order valence-electron chi connectivity index (χ1n) is 7.42. The van der Waals surface area contributed by atoms with Crippen molar-refractivity contribution in [3.05, 3.63) is 48.5 Å². The molecule has 0 aliphatic carbocycles. The maximum Gasteiger partial charge on any atom is 0.151 e. The first kappa shape index (κ1) is 13.6. The molecule has 0 amide bonds. The van der Waals surface area contributed by atoms with Gasteiger partial charge in [-0.25, -0.2) is 0 Å². The van der Waals surface area contributed by atoms with E-state index in [1.165, 1.54) is 0 Å². The molecular weight excluding hydrogens is 280 g/mol.